The SMILES string of the molecule is CC(C(=O)O)N1C(=O)C(=NNC(=O)c2ccc(NC(=O)CCc3ccc4c(c3)OCO4)cc2)c2cc(I)ccc21. The first kappa shape index (κ1) is 27.1. The molecule has 3 N–H and O–H groups in total. The summed E-state index contributed by atoms with van der Waals surface area (Å²) in [5.41, 5.74) is 4.90. The van der Waals surface area contributed by atoms with Crippen LogP contribution in [0.5, 0.6) is 11.5 Å². The zero-order valence-electron chi connectivity index (χ0n) is 21.1. The maximum Gasteiger partial charge on any atom is 0.326 e. The number of fused-ring (bicyclic) bond motifs is 2. The molecule has 0 spiro atoms. The van der Waals surface area contributed by atoms with Crippen molar-refractivity contribution in [2.45, 2.75) is 25.8 Å². The van der Waals surface area contributed by atoms with Crippen molar-refractivity contribution in [3.8, 4) is 11.5 Å². The predicted molar refractivity (Wildman–Crippen MR) is 154 cm³/mol. The number of ether oxygens (including phenoxy) is 2. The van der Waals surface area contributed by atoms with Crippen LogP contribution in [0.2, 0.25) is 0 Å². The number of carboxylic acid groups (broad SMARTS) is 1. The largest absolute Gasteiger partial charge is 0.480 e. The van der Waals surface area contributed by atoms with Gasteiger partial charge in [-0.25, -0.2) is 10.2 Å². The zero-order valence-corrected chi connectivity index (χ0v) is 23.3. The number of amides is 3. The van der Waals surface area contributed by atoms with E-state index in [-0.39, 0.29) is 30.4 Å². The molecule has 0 radical (unpaired) electrons. The van der Waals surface area contributed by atoms with Gasteiger partial charge in [-0.15, -0.1) is 0 Å². The Morgan fingerprint density at radius 1 is 1.05 bits per heavy atom. The number of halogens is 1. The van der Waals surface area contributed by atoms with E-state index in [0.29, 0.717) is 34.9 Å². The van der Waals surface area contributed by atoms with Crippen molar-refractivity contribution >= 4 is 63.4 Å². The highest BCUT2D eigenvalue weighted by Gasteiger charge is 2.39. The van der Waals surface area contributed by atoms with E-state index in [0.717, 1.165) is 14.0 Å². The second kappa shape index (κ2) is 11.3. The molecule has 2 aliphatic rings. The molecule has 2 aliphatic heterocycles. The van der Waals surface area contributed by atoms with Crippen molar-refractivity contribution in [1.29, 1.82) is 0 Å². The Morgan fingerprint density at radius 2 is 1.80 bits per heavy atom. The lowest BCUT2D eigenvalue weighted by molar-refractivity contribution is -0.139. The van der Waals surface area contributed by atoms with Gasteiger partial charge >= 0.3 is 5.97 Å². The van der Waals surface area contributed by atoms with Crippen molar-refractivity contribution in [2.24, 2.45) is 5.10 Å². The summed E-state index contributed by atoms with van der Waals surface area (Å²) in [6, 6.07) is 15.8. The monoisotopic (exact) mass is 654 g/mol. The number of hydrazone groups is 1. The van der Waals surface area contributed by atoms with Gasteiger partial charge < -0.3 is 19.9 Å². The third-order valence-corrected chi connectivity index (χ3v) is 7.09. The first-order chi connectivity index (χ1) is 19.2. The molecule has 12 heteroatoms. The minimum absolute atomic E-state index is 0.0543. The Kier molecular flexibility index (Phi) is 7.69. The van der Waals surface area contributed by atoms with Gasteiger partial charge in [0.2, 0.25) is 12.7 Å². The molecule has 40 heavy (non-hydrogen) atoms. The van der Waals surface area contributed by atoms with Crippen LogP contribution in [0.3, 0.4) is 0 Å². The number of nitrogens with one attached hydrogen (secondary N) is 2. The predicted octanol–water partition coefficient (Wildman–Crippen LogP) is 3.55. The summed E-state index contributed by atoms with van der Waals surface area (Å²) in [5.74, 6) is -1.19. The lowest BCUT2D eigenvalue weighted by Gasteiger charge is -2.21. The molecule has 1 unspecified atom stereocenters. The standard InChI is InChI=1S/C28H23IN4O7/c1-15(28(37)38)33-21-9-6-18(29)13-20(21)25(27(33)36)31-32-26(35)17-4-7-19(8-5-17)30-24(34)11-3-16-2-10-22-23(12-16)40-14-39-22/h2,4-10,12-13,15H,3,11,14H2,1H3,(H,30,34)(H,32,35)(H,37,38). The Labute approximate surface area is 242 Å². The van der Waals surface area contributed by atoms with E-state index in [1.807, 2.05) is 18.2 Å². The highest BCUT2D eigenvalue weighted by Crippen LogP contribution is 2.33. The van der Waals surface area contributed by atoms with Gasteiger partial charge in [0, 0.05) is 26.8 Å². The third-order valence-electron chi connectivity index (χ3n) is 6.42. The van der Waals surface area contributed by atoms with E-state index in [1.165, 1.54) is 19.1 Å². The number of aryl methyl sites for hydroxylation is 1. The van der Waals surface area contributed by atoms with Gasteiger partial charge in [-0.2, -0.15) is 5.10 Å². The summed E-state index contributed by atoms with van der Waals surface area (Å²) >= 11 is 2.08. The minimum Gasteiger partial charge on any atom is -0.480 e. The van der Waals surface area contributed by atoms with Crippen LogP contribution < -0.4 is 25.1 Å². The molecular weight excluding hydrogens is 631 g/mol. The number of hydrogen-bond donors (Lipinski definition) is 3. The van der Waals surface area contributed by atoms with Crippen LogP contribution in [-0.4, -0.2) is 47.3 Å². The number of hydrogen-bond acceptors (Lipinski definition) is 7. The number of rotatable bonds is 8. The quantitative estimate of drug-likeness (QED) is 0.249. The fourth-order valence-electron chi connectivity index (χ4n) is 4.30. The fourth-order valence-corrected chi connectivity index (χ4v) is 4.79. The Morgan fingerprint density at radius 3 is 2.55 bits per heavy atom. The normalized spacial score (nSPS) is 15.1. The summed E-state index contributed by atoms with van der Waals surface area (Å²) in [6.45, 7) is 1.60. The van der Waals surface area contributed by atoms with Gasteiger partial charge in [0.25, 0.3) is 11.8 Å². The van der Waals surface area contributed by atoms with E-state index in [2.05, 4.69) is 38.4 Å². The maximum atomic E-state index is 13.0. The van der Waals surface area contributed by atoms with Gasteiger partial charge in [0.05, 0.1) is 5.69 Å². The van der Waals surface area contributed by atoms with Crippen LogP contribution in [-0.2, 0) is 20.8 Å². The first-order valence-electron chi connectivity index (χ1n) is 12.2. The van der Waals surface area contributed by atoms with Crippen LogP contribution >= 0.6 is 22.6 Å². The number of carbonyl (C=O) groups is 4. The molecule has 3 aromatic rings. The molecule has 3 aromatic carbocycles. The van der Waals surface area contributed by atoms with Gasteiger partial charge in [0.15, 0.2) is 17.2 Å². The van der Waals surface area contributed by atoms with Gasteiger partial charge in [-0.05, 0) is 96.1 Å². The number of carbonyl (C=O) groups excluding carboxylic acids is 3. The molecule has 2 heterocycles. The maximum absolute atomic E-state index is 13.0. The Balaban J connectivity index is 1.20. The molecule has 0 saturated carbocycles. The number of nitrogens with zero attached hydrogens (tertiary/aromatic N) is 2. The van der Waals surface area contributed by atoms with E-state index in [9.17, 15) is 24.3 Å². The van der Waals surface area contributed by atoms with Crippen LogP contribution in [0.4, 0.5) is 11.4 Å². The minimum atomic E-state index is -1.16. The summed E-state index contributed by atoms with van der Waals surface area (Å²) in [6.07, 6.45) is 0.776. The second-order valence-corrected chi connectivity index (χ2v) is 10.3. The number of aliphatic carboxylic acids is 1. The fraction of sp³-hybridized carbons (Fsp3) is 0.179. The number of carboxylic acids is 1. The molecule has 0 fully saturated rings. The van der Waals surface area contributed by atoms with Gasteiger partial charge in [-0.3, -0.25) is 19.3 Å². The number of anilines is 2. The molecule has 3 amide bonds. The van der Waals surface area contributed by atoms with Gasteiger partial charge in [0.1, 0.15) is 6.04 Å². The molecule has 204 valence electrons. The van der Waals surface area contributed by atoms with E-state index < -0.39 is 23.8 Å². The van der Waals surface area contributed by atoms with Crippen molar-refractivity contribution < 1.29 is 33.8 Å². The van der Waals surface area contributed by atoms with E-state index in [1.54, 1.807) is 30.3 Å². The highest BCUT2D eigenvalue weighted by atomic mass is 127. The molecule has 0 bridgehead atoms. The van der Waals surface area contributed by atoms with Crippen molar-refractivity contribution in [2.75, 3.05) is 17.0 Å². The van der Waals surface area contributed by atoms with Gasteiger partial charge in [-0.1, -0.05) is 6.07 Å². The second-order valence-electron chi connectivity index (χ2n) is 9.07. The third kappa shape index (κ3) is 5.61. The summed E-state index contributed by atoms with van der Waals surface area (Å²) in [4.78, 5) is 50.9. The van der Waals surface area contributed by atoms with E-state index >= 15 is 0 Å². The average Bonchev–Trinajstić information content (AvgIpc) is 3.51. The molecule has 0 aromatic heterocycles. The van der Waals surface area contributed by atoms with Crippen molar-refractivity contribution in [3.05, 3.63) is 80.9 Å². The van der Waals surface area contributed by atoms with Crippen molar-refractivity contribution in [1.82, 2.24) is 5.43 Å². The average molecular weight is 654 g/mol. The molecular formula is C28H23IN4O7. The lowest BCUT2D eigenvalue weighted by Crippen LogP contribution is -2.43. The molecule has 5 rings (SSSR count). The van der Waals surface area contributed by atoms with Crippen LogP contribution in [0.15, 0.2) is 65.8 Å². The summed E-state index contributed by atoms with van der Waals surface area (Å²) < 4.78 is 11.5. The van der Waals surface area contributed by atoms with E-state index in [4.69, 9.17) is 9.47 Å². The zero-order chi connectivity index (χ0) is 28.4. The van der Waals surface area contributed by atoms with Crippen LogP contribution in [0.25, 0.3) is 0 Å². The molecule has 11 nitrogen and oxygen atoms in total. The van der Waals surface area contributed by atoms with Crippen molar-refractivity contribution in [3.63, 3.8) is 0 Å². The molecule has 0 saturated heterocycles. The lowest BCUT2D eigenvalue weighted by atomic mass is 10.1. The Hall–Kier alpha value is -4.46. The number of benzene rings is 3. The van der Waals surface area contributed by atoms with Crippen LogP contribution in [0.1, 0.15) is 34.8 Å². The molecule has 0 aliphatic carbocycles. The highest BCUT2D eigenvalue weighted by molar-refractivity contribution is 14.1. The summed E-state index contributed by atoms with van der Waals surface area (Å²) in [5, 5.41) is 16.3. The van der Waals surface area contributed by atoms with Crippen LogP contribution in [0, 0.1) is 3.57 Å². The molecule has 1 atom stereocenters. The smallest absolute Gasteiger partial charge is 0.326 e. The first-order valence-corrected chi connectivity index (χ1v) is 13.3. The summed E-state index contributed by atoms with van der Waals surface area (Å²) in [7, 11) is 0. The topological polar surface area (TPSA) is 147 Å². The Bertz CT molecular complexity index is 1550.